The summed E-state index contributed by atoms with van der Waals surface area (Å²) in [5, 5.41) is 0. The van der Waals surface area contributed by atoms with Gasteiger partial charge in [0.2, 0.25) is 0 Å². The molecule has 2 nitrogen and oxygen atoms in total. The molecule has 20 heavy (non-hydrogen) atoms. The van der Waals surface area contributed by atoms with E-state index in [0.29, 0.717) is 0 Å². The molecule has 1 aromatic rings. The molecular weight excluding hydrogens is 244 g/mol. The number of nitrogens with zero attached hydrogens (tertiary/aromatic N) is 1. The molecule has 1 aromatic carbocycles. The Kier molecular flexibility index (Phi) is 6.70. The zero-order valence-electron chi connectivity index (χ0n) is 13.9. The standard InChI is InChI=1S/C18H32N2/c1-6-8-13-20(7-2)14-17(19)15-9-11-16(12-10-15)18(3,4)5/h9-12,17H,6-8,13-14,19H2,1-5H3. The lowest BCUT2D eigenvalue weighted by atomic mass is 9.86. The molecule has 1 unspecified atom stereocenters. The normalized spacial score (nSPS) is 13.8. The van der Waals surface area contributed by atoms with Gasteiger partial charge < -0.3 is 10.6 Å². The summed E-state index contributed by atoms with van der Waals surface area (Å²) < 4.78 is 0. The van der Waals surface area contributed by atoms with Crippen molar-refractivity contribution >= 4 is 0 Å². The fourth-order valence-electron chi connectivity index (χ4n) is 2.37. The van der Waals surface area contributed by atoms with Gasteiger partial charge in [-0.3, -0.25) is 0 Å². The van der Waals surface area contributed by atoms with Crippen LogP contribution in [0.25, 0.3) is 0 Å². The molecule has 0 saturated carbocycles. The number of nitrogens with two attached hydrogens (primary N) is 1. The molecule has 0 aliphatic rings. The Morgan fingerprint density at radius 3 is 2.15 bits per heavy atom. The van der Waals surface area contributed by atoms with Crippen molar-refractivity contribution in [2.45, 2.75) is 58.9 Å². The van der Waals surface area contributed by atoms with Gasteiger partial charge in [0.05, 0.1) is 0 Å². The van der Waals surface area contributed by atoms with Crippen LogP contribution in [-0.4, -0.2) is 24.5 Å². The lowest BCUT2D eigenvalue weighted by Gasteiger charge is -2.25. The average molecular weight is 276 g/mol. The molecule has 0 radical (unpaired) electrons. The summed E-state index contributed by atoms with van der Waals surface area (Å²) in [6.45, 7) is 14.4. The van der Waals surface area contributed by atoms with Crippen LogP contribution in [0.4, 0.5) is 0 Å². The van der Waals surface area contributed by atoms with E-state index in [1.165, 1.54) is 24.0 Å². The van der Waals surface area contributed by atoms with Crippen molar-refractivity contribution in [2.75, 3.05) is 19.6 Å². The molecule has 2 N–H and O–H groups in total. The van der Waals surface area contributed by atoms with Crippen LogP contribution in [0.15, 0.2) is 24.3 Å². The third kappa shape index (κ3) is 5.26. The van der Waals surface area contributed by atoms with Crippen LogP contribution >= 0.6 is 0 Å². The molecule has 1 atom stereocenters. The minimum absolute atomic E-state index is 0.112. The number of hydrogen-bond acceptors (Lipinski definition) is 2. The molecule has 0 aliphatic heterocycles. The molecule has 0 amide bonds. The highest BCUT2D eigenvalue weighted by atomic mass is 15.1. The Hall–Kier alpha value is -0.860. The van der Waals surface area contributed by atoms with Gasteiger partial charge in [-0.05, 0) is 36.1 Å². The predicted molar refractivity (Wildman–Crippen MR) is 89.1 cm³/mol. The molecule has 0 bridgehead atoms. The van der Waals surface area contributed by atoms with Crippen molar-refractivity contribution in [1.29, 1.82) is 0 Å². The molecule has 0 aromatic heterocycles. The Balaban J connectivity index is 2.65. The van der Waals surface area contributed by atoms with Crippen LogP contribution in [0.1, 0.15) is 64.6 Å². The SMILES string of the molecule is CCCCN(CC)CC(N)c1ccc(C(C)(C)C)cc1. The van der Waals surface area contributed by atoms with E-state index in [0.717, 1.165) is 19.6 Å². The van der Waals surface area contributed by atoms with E-state index in [2.05, 4.69) is 63.8 Å². The maximum Gasteiger partial charge on any atom is 0.0424 e. The number of likely N-dealkylation sites (N-methyl/N-ethyl adjacent to an activating group) is 1. The highest BCUT2D eigenvalue weighted by Crippen LogP contribution is 2.23. The quantitative estimate of drug-likeness (QED) is 0.812. The maximum absolute atomic E-state index is 6.36. The van der Waals surface area contributed by atoms with E-state index in [-0.39, 0.29) is 11.5 Å². The van der Waals surface area contributed by atoms with Crippen LogP contribution in [0.5, 0.6) is 0 Å². The van der Waals surface area contributed by atoms with Gasteiger partial charge in [-0.1, -0.05) is 65.3 Å². The Morgan fingerprint density at radius 1 is 1.10 bits per heavy atom. The molecule has 0 aliphatic carbocycles. The second-order valence-corrected chi connectivity index (χ2v) is 6.73. The summed E-state index contributed by atoms with van der Waals surface area (Å²) in [6, 6.07) is 8.94. The highest BCUT2D eigenvalue weighted by Gasteiger charge is 2.15. The van der Waals surface area contributed by atoms with Gasteiger partial charge in [0.1, 0.15) is 0 Å². The van der Waals surface area contributed by atoms with Crippen molar-refractivity contribution in [3.63, 3.8) is 0 Å². The fourth-order valence-corrected chi connectivity index (χ4v) is 2.37. The predicted octanol–water partition coefficient (Wildman–Crippen LogP) is 4.11. The summed E-state index contributed by atoms with van der Waals surface area (Å²) in [5.74, 6) is 0. The summed E-state index contributed by atoms with van der Waals surface area (Å²) in [7, 11) is 0. The molecule has 0 heterocycles. The lowest BCUT2D eigenvalue weighted by molar-refractivity contribution is 0.266. The van der Waals surface area contributed by atoms with Gasteiger partial charge >= 0.3 is 0 Å². The second kappa shape index (κ2) is 7.80. The van der Waals surface area contributed by atoms with E-state index < -0.39 is 0 Å². The lowest BCUT2D eigenvalue weighted by Crippen LogP contribution is -2.33. The molecule has 0 fully saturated rings. The molecular formula is C18H32N2. The highest BCUT2D eigenvalue weighted by molar-refractivity contribution is 5.29. The van der Waals surface area contributed by atoms with Crippen molar-refractivity contribution < 1.29 is 0 Å². The number of unbranched alkanes of at least 4 members (excludes halogenated alkanes) is 1. The molecule has 1 rings (SSSR count). The molecule has 0 saturated heterocycles. The van der Waals surface area contributed by atoms with E-state index >= 15 is 0 Å². The van der Waals surface area contributed by atoms with Crippen molar-refractivity contribution in [1.82, 2.24) is 4.90 Å². The van der Waals surface area contributed by atoms with Gasteiger partial charge in [-0.25, -0.2) is 0 Å². The topological polar surface area (TPSA) is 29.3 Å². The van der Waals surface area contributed by atoms with Crippen LogP contribution in [0.2, 0.25) is 0 Å². The summed E-state index contributed by atoms with van der Waals surface area (Å²) >= 11 is 0. The van der Waals surface area contributed by atoms with Crippen LogP contribution < -0.4 is 5.73 Å². The summed E-state index contributed by atoms with van der Waals surface area (Å²) in [5.41, 5.74) is 9.18. The minimum atomic E-state index is 0.112. The van der Waals surface area contributed by atoms with Crippen LogP contribution in [0.3, 0.4) is 0 Å². The minimum Gasteiger partial charge on any atom is -0.323 e. The first kappa shape index (κ1) is 17.2. The third-order valence-electron chi connectivity index (χ3n) is 3.93. The second-order valence-electron chi connectivity index (χ2n) is 6.73. The van der Waals surface area contributed by atoms with Crippen molar-refractivity contribution in [3.8, 4) is 0 Å². The van der Waals surface area contributed by atoms with Gasteiger partial charge in [-0.15, -0.1) is 0 Å². The summed E-state index contributed by atoms with van der Waals surface area (Å²) in [6.07, 6.45) is 2.50. The van der Waals surface area contributed by atoms with Crippen molar-refractivity contribution in [2.24, 2.45) is 5.73 Å². The Morgan fingerprint density at radius 2 is 1.70 bits per heavy atom. The zero-order chi connectivity index (χ0) is 15.2. The zero-order valence-corrected chi connectivity index (χ0v) is 13.9. The molecule has 0 spiro atoms. The Labute approximate surface area is 125 Å². The van der Waals surface area contributed by atoms with Crippen LogP contribution in [0, 0.1) is 0 Å². The largest absolute Gasteiger partial charge is 0.323 e. The van der Waals surface area contributed by atoms with Gasteiger partial charge in [-0.2, -0.15) is 0 Å². The smallest absolute Gasteiger partial charge is 0.0424 e. The number of benzene rings is 1. The maximum atomic E-state index is 6.36. The van der Waals surface area contributed by atoms with E-state index in [4.69, 9.17) is 5.73 Å². The van der Waals surface area contributed by atoms with Crippen molar-refractivity contribution in [3.05, 3.63) is 35.4 Å². The van der Waals surface area contributed by atoms with E-state index in [1.54, 1.807) is 0 Å². The van der Waals surface area contributed by atoms with E-state index in [9.17, 15) is 0 Å². The van der Waals surface area contributed by atoms with Gasteiger partial charge in [0, 0.05) is 12.6 Å². The average Bonchev–Trinajstić information content (AvgIpc) is 2.42. The number of rotatable bonds is 7. The summed E-state index contributed by atoms with van der Waals surface area (Å²) in [4.78, 5) is 2.45. The molecule has 2 heteroatoms. The van der Waals surface area contributed by atoms with Crippen LogP contribution in [-0.2, 0) is 5.41 Å². The number of hydrogen-bond donors (Lipinski definition) is 1. The first-order chi connectivity index (χ1) is 9.38. The molecule has 114 valence electrons. The third-order valence-corrected chi connectivity index (χ3v) is 3.93. The van der Waals surface area contributed by atoms with Gasteiger partial charge in [0.25, 0.3) is 0 Å². The first-order valence-electron chi connectivity index (χ1n) is 7.96. The Bertz CT molecular complexity index is 375. The fraction of sp³-hybridized carbons (Fsp3) is 0.667. The van der Waals surface area contributed by atoms with Gasteiger partial charge in [0.15, 0.2) is 0 Å². The first-order valence-corrected chi connectivity index (χ1v) is 7.96. The van der Waals surface area contributed by atoms with E-state index in [1.807, 2.05) is 0 Å². The monoisotopic (exact) mass is 276 g/mol.